The van der Waals surface area contributed by atoms with Crippen LogP contribution in [0.4, 0.5) is 14.7 Å². The SMILES string of the molecule is O=c1c2ccc(-c3cnc(N4CCC(O)CC4)nc3)cc2n2n1CCCC2c1ccccc1OC(F)F. The second kappa shape index (κ2) is 9.59. The van der Waals surface area contributed by atoms with E-state index in [1.54, 1.807) is 35.3 Å². The molecule has 4 heterocycles. The minimum absolute atomic E-state index is 0.0996. The number of aromatic nitrogens is 4. The van der Waals surface area contributed by atoms with Gasteiger partial charge in [-0.2, -0.15) is 8.78 Å². The molecule has 37 heavy (non-hydrogen) atoms. The molecular weight excluding hydrogens is 480 g/mol. The third kappa shape index (κ3) is 4.35. The minimum atomic E-state index is -2.93. The van der Waals surface area contributed by atoms with Crippen LogP contribution in [-0.2, 0) is 6.54 Å². The highest BCUT2D eigenvalue weighted by Gasteiger charge is 2.28. The van der Waals surface area contributed by atoms with Crippen molar-refractivity contribution in [1.29, 1.82) is 0 Å². The van der Waals surface area contributed by atoms with E-state index in [-0.39, 0.29) is 23.5 Å². The quantitative estimate of drug-likeness (QED) is 0.436. The van der Waals surface area contributed by atoms with Crippen LogP contribution in [0.2, 0.25) is 0 Å². The molecule has 2 aromatic heterocycles. The van der Waals surface area contributed by atoms with Crippen LogP contribution in [0.1, 0.15) is 37.3 Å². The van der Waals surface area contributed by atoms with Crippen LogP contribution in [0.25, 0.3) is 22.0 Å². The Morgan fingerprint density at radius 1 is 0.973 bits per heavy atom. The number of alkyl halides is 2. The van der Waals surface area contributed by atoms with E-state index >= 15 is 0 Å². The first-order valence-corrected chi connectivity index (χ1v) is 12.5. The summed E-state index contributed by atoms with van der Waals surface area (Å²) in [7, 11) is 0. The Labute approximate surface area is 211 Å². The van der Waals surface area contributed by atoms with Gasteiger partial charge in [0.25, 0.3) is 5.56 Å². The number of para-hydroxylation sites is 1. The Morgan fingerprint density at radius 2 is 1.73 bits per heavy atom. The number of aliphatic hydroxyl groups excluding tert-OH is 1. The van der Waals surface area contributed by atoms with Gasteiger partial charge >= 0.3 is 6.61 Å². The minimum Gasteiger partial charge on any atom is -0.434 e. The second-order valence-corrected chi connectivity index (χ2v) is 9.57. The summed E-state index contributed by atoms with van der Waals surface area (Å²) in [5.74, 6) is 0.750. The van der Waals surface area contributed by atoms with E-state index in [1.807, 2.05) is 22.9 Å². The Hall–Kier alpha value is -3.79. The normalized spacial score (nSPS) is 18.4. The van der Waals surface area contributed by atoms with E-state index in [4.69, 9.17) is 4.74 Å². The van der Waals surface area contributed by atoms with Gasteiger partial charge in [0.1, 0.15) is 5.75 Å². The van der Waals surface area contributed by atoms with Gasteiger partial charge in [0, 0.05) is 43.2 Å². The van der Waals surface area contributed by atoms with Crippen molar-refractivity contribution in [3.05, 3.63) is 70.8 Å². The van der Waals surface area contributed by atoms with Gasteiger partial charge in [0.2, 0.25) is 5.95 Å². The third-order valence-electron chi connectivity index (χ3n) is 7.33. The number of anilines is 1. The predicted octanol–water partition coefficient (Wildman–Crippen LogP) is 4.21. The molecule has 0 aliphatic carbocycles. The standard InChI is InChI=1S/C27H27F2N5O3/c28-26(29)37-24-6-2-1-4-20(24)22-5-3-11-33-25(36)21-8-7-17(14-23(21)34(22)33)18-15-30-27(31-16-18)32-12-9-19(35)10-13-32/h1-2,4,6-8,14-16,19,22,26,35H,3,5,9-13H2. The number of aliphatic hydroxyl groups is 1. The highest BCUT2D eigenvalue weighted by Crippen LogP contribution is 2.37. The van der Waals surface area contributed by atoms with Crippen molar-refractivity contribution < 1.29 is 18.6 Å². The number of hydrogen-bond acceptors (Lipinski definition) is 6. The number of benzene rings is 2. The number of rotatable bonds is 5. The molecule has 1 atom stereocenters. The van der Waals surface area contributed by atoms with E-state index in [0.717, 1.165) is 23.1 Å². The largest absolute Gasteiger partial charge is 0.434 e. The topological polar surface area (TPSA) is 85.4 Å². The first kappa shape index (κ1) is 23.6. The zero-order chi connectivity index (χ0) is 25.5. The number of halogens is 2. The van der Waals surface area contributed by atoms with Gasteiger partial charge in [-0.25, -0.2) is 14.6 Å². The van der Waals surface area contributed by atoms with Crippen LogP contribution in [0.5, 0.6) is 5.75 Å². The molecule has 1 fully saturated rings. The summed E-state index contributed by atoms with van der Waals surface area (Å²) in [6.07, 6.45) is 6.11. The fourth-order valence-electron chi connectivity index (χ4n) is 5.50. The predicted molar refractivity (Wildman–Crippen MR) is 135 cm³/mol. The molecule has 2 aliphatic rings. The van der Waals surface area contributed by atoms with Gasteiger partial charge in [-0.05, 0) is 49.4 Å². The molecule has 8 nitrogen and oxygen atoms in total. The molecule has 6 rings (SSSR count). The maximum atomic E-state index is 13.2. The molecule has 1 saturated heterocycles. The third-order valence-corrected chi connectivity index (χ3v) is 7.33. The molecule has 10 heteroatoms. The van der Waals surface area contributed by atoms with E-state index < -0.39 is 6.61 Å². The zero-order valence-corrected chi connectivity index (χ0v) is 20.1. The maximum Gasteiger partial charge on any atom is 0.387 e. The summed E-state index contributed by atoms with van der Waals surface area (Å²) in [6, 6.07) is 12.1. The molecule has 2 aliphatic heterocycles. The Balaban J connectivity index is 1.39. The average molecular weight is 508 g/mol. The lowest BCUT2D eigenvalue weighted by Gasteiger charge is -2.29. The first-order chi connectivity index (χ1) is 18.0. The summed E-state index contributed by atoms with van der Waals surface area (Å²) in [4.78, 5) is 24.4. The molecule has 0 saturated carbocycles. The average Bonchev–Trinajstić information content (AvgIpc) is 3.21. The molecule has 2 aromatic carbocycles. The summed E-state index contributed by atoms with van der Waals surface area (Å²) in [6.45, 7) is -0.952. The number of nitrogens with zero attached hydrogens (tertiary/aromatic N) is 5. The summed E-state index contributed by atoms with van der Waals surface area (Å²) in [5, 5.41) is 10.3. The lowest BCUT2D eigenvalue weighted by molar-refractivity contribution is -0.0508. The van der Waals surface area contributed by atoms with Crippen molar-refractivity contribution in [1.82, 2.24) is 19.3 Å². The highest BCUT2D eigenvalue weighted by molar-refractivity contribution is 5.84. The molecule has 4 aromatic rings. The van der Waals surface area contributed by atoms with Gasteiger partial charge in [-0.15, -0.1) is 0 Å². The smallest absolute Gasteiger partial charge is 0.387 e. The second-order valence-electron chi connectivity index (χ2n) is 9.57. The van der Waals surface area contributed by atoms with Gasteiger partial charge < -0.3 is 14.7 Å². The number of ether oxygens (including phenoxy) is 1. The van der Waals surface area contributed by atoms with Crippen LogP contribution in [0.15, 0.2) is 59.7 Å². The fraction of sp³-hybridized carbons (Fsp3) is 0.370. The molecule has 0 bridgehead atoms. The van der Waals surface area contributed by atoms with Crippen molar-refractivity contribution in [2.45, 2.75) is 51.0 Å². The van der Waals surface area contributed by atoms with Crippen LogP contribution in [0.3, 0.4) is 0 Å². The molecule has 1 N–H and O–H groups in total. The number of hydrogen-bond donors (Lipinski definition) is 1. The van der Waals surface area contributed by atoms with E-state index in [9.17, 15) is 18.7 Å². The van der Waals surface area contributed by atoms with Crippen molar-refractivity contribution in [3.8, 4) is 16.9 Å². The van der Waals surface area contributed by atoms with Crippen LogP contribution < -0.4 is 15.2 Å². The summed E-state index contributed by atoms with van der Waals surface area (Å²) < 4.78 is 34.7. The van der Waals surface area contributed by atoms with Crippen molar-refractivity contribution in [3.63, 3.8) is 0 Å². The molecule has 1 unspecified atom stereocenters. The van der Waals surface area contributed by atoms with Crippen LogP contribution in [-0.4, -0.2) is 50.2 Å². The first-order valence-electron chi connectivity index (χ1n) is 12.5. The fourth-order valence-corrected chi connectivity index (χ4v) is 5.50. The molecule has 0 radical (unpaired) electrons. The monoisotopic (exact) mass is 507 g/mol. The maximum absolute atomic E-state index is 13.2. The van der Waals surface area contributed by atoms with Crippen molar-refractivity contribution in [2.75, 3.05) is 18.0 Å². The molecule has 0 spiro atoms. The van der Waals surface area contributed by atoms with Crippen molar-refractivity contribution in [2.24, 2.45) is 0 Å². The van der Waals surface area contributed by atoms with Gasteiger partial charge in [0.15, 0.2) is 0 Å². The Bertz CT molecular complexity index is 1480. The van der Waals surface area contributed by atoms with E-state index in [2.05, 4.69) is 14.9 Å². The van der Waals surface area contributed by atoms with Crippen molar-refractivity contribution >= 4 is 16.9 Å². The Morgan fingerprint density at radius 3 is 2.49 bits per heavy atom. The lowest BCUT2D eigenvalue weighted by atomic mass is 9.99. The molecule has 192 valence electrons. The number of piperidine rings is 1. The zero-order valence-electron chi connectivity index (χ0n) is 20.1. The van der Waals surface area contributed by atoms with E-state index in [1.165, 1.54) is 6.07 Å². The summed E-state index contributed by atoms with van der Waals surface area (Å²) >= 11 is 0. The van der Waals surface area contributed by atoms with Gasteiger partial charge in [-0.1, -0.05) is 24.3 Å². The van der Waals surface area contributed by atoms with E-state index in [0.29, 0.717) is 55.8 Å². The molecule has 0 amide bonds. The summed E-state index contributed by atoms with van der Waals surface area (Å²) in [5.41, 5.74) is 2.92. The van der Waals surface area contributed by atoms with Gasteiger partial charge in [0.05, 0.1) is 23.0 Å². The van der Waals surface area contributed by atoms with Crippen LogP contribution >= 0.6 is 0 Å². The Kier molecular flexibility index (Phi) is 6.11. The highest BCUT2D eigenvalue weighted by atomic mass is 19.3. The van der Waals surface area contributed by atoms with Gasteiger partial charge in [-0.3, -0.25) is 9.48 Å². The lowest BCUT2D eigenvalue weighted by Crippen LogP contribution is -2.36. The molecular formula is C27H27F2N5O3. The van der Waals surface area contributed by atoms with Crippen LogP contribution in [0, 0.1) is 0 Å². The number of fused-ring (bicyclic) bond motifs is 3.